The van der Waals surface area contributed by atoms with Crippen molar-refractivity contribution in [2.45, 2.75) is 32.1 Å². The lowest BCUT2D eigenvalue weighted by Crippen LogP contribution is -2.23. The Hall–Kier alpha value is -6.06. The van der Waals surface area contributed by atoms with Crippen LogP contribution in [-0.4, -0.2) is 14.5 Å². The standard InChI is InChI=1S/C47H35N3/c1-47(2)41-19-8-6-14-36(41)39-27-26-34(38-17-11-20-42(47)44(38)39)32-28-48-46(49-29-32)31-24-22-30(23-25-31)35-16-10-18-40-37-15-7-9-21-43(37)50(45(35)40)33-12-4-3-5-13-33/h4,6-29H,3,5H2,1-2H3. The van der Waals surface area contributed by atoms with Crippen molar-refractivity contribution >= 4 is 38.3 Å². The molecule has 0 bridgehead atoms. The number of allylic oxidation sites excluding steroid dienone is 4. The quantitative estimate of drug-likeness (QED) is 0.191. The zero-order chi connectivity index (χ0) is 33.4. The van der Waals surface area contributed by atoms with Crippen LogP contribution in [0.5, 0.6) is 0 Å². The number of hydrogen-bond acceptors (Lipinski definition) is 2. The summed E-state index contributed by atoms with van der Waals surface area (Å²) >= 11 is 0. The summed E-state index contributed by atoms with van der Waals surface area (Å²) in [4.78, 5) is 9.80. The molecule has 0 amide bonds. The molecule has 10 rings (SSSR count). The molecule has 0 N–H and O–H groups in total. The van der Waals surface area contributed by atoms with Gasteiger partial charge in [-0.2, -0.15) is 0 Å². The van der Waals surface area contributed by atoms with Gasteiger partial charge in [-0.15, -0.1) is 0 Å². The van der Waals surface area contributed by atoms with Crippen molar-refractivity contribution in [2.24, 2.45) is 0 Å². The number of hydrogen-bond donors (Lipinski definition) is 0. The lowest BCUT2D eigenvalue weighted by molar-refractivity contribution is 0.645. The third kappa shape index (κ3) is 4.23. The van der Waals surface area contributed by atoms with Crippen LogP contribution < -0.4 is 0 Å². The molecule has 3 nitrogen and oxygen atoms in total. The fraction of sp³-hybridized carbons (Fsp3) is 0.106. The van der Waals surface area contributed by atoms with Gasteiger partial charge in [-0.3, -0.25) is 0 Å². The highest BCUT2D eigenvalue weighted by Gasteiger charge is 2.33. The van der Waals surface area contributed by atoms with E-state index in [1.54, 1.807) is 0 Å². The summed E-state index contributed by atoms with van der Waals surface area (Å²) < 4.78 is 2.44. The molecule has 0 atom stereocenters. The fourth-order valence-electron chi connectivity index (χ4n) is 8.51. The number of fused-ring (bicyclic) bond motifs is 5. The van der Waals surface area contributed by atoms with Gasteiger partial charge in [0.1, 0.15) is 0 Å². The van der Waals surface area contributed by atoms with Crippen molar-refractivity contribution in [3.05, 3.63) is 163 Å². The topological polar surface area (TPSA) is 30.7 Å². The number of rotatable bonds is 4. The van der Waals surface area contributed by atoms with E-state index in [0.717, 1.165) is 35.4 Å². The minimum Gasteiger partial charge on any atom is -0.309 e. The molecule has 0 spiro atoms. The highest BCUT2D eigenvalue weighted by molar-refractivity contribution is 6.15. The Morgan fingerprint density at radius 1 is 0.540 bits per heavy atom. The minimum absolute atomic E-state index is 0.0828. The summed E-state index contributed by atoms with van der Waals surface area (Å²) in [6.45, 7) is 4.68. The predicted molar refractivity (Wildman–Crippen MR) is 209 cm³/mol. The van der Waals surface area contributed by atoms with Crippen LogP contribution in [0.15, 0.2) is 152 Å². The van der Waals surface area contributed by atoms with E-state index in [0.29, 0.717) is 0 Å². The van der Waals surface area contributed by atoms with Crippen molar-refractivity contribution in [2.75, 3.05) is 0 Å². The molecule has 50 heavy (non-hydrogen) atoms. The lowest BCUT2D eigenvalue weighted by atomic mass is 9.68. The van der Waals surface area contributed by atoms with Gasteiger partial charge in [0.05, 0.1) is 11.0 Å². The first-order valence-electron chi connectivity index (χ1n) is 17.6. The van der Waals surface area contributed by atoms with Crippen molar-refractivity contribution in [3.63, 3.8) is 0 Å². The summed E-state index contributed by atoms with van der Waals surface area (Å²) in [5.41, 5.74) is 14.6. The molecule has 8 aromatic rings. The molecule has 0 saturated heterocycles. The van der Waals surface area contributed by atoms with E-state index < -0.39 is 0 Å². The van der Waals surface area contributed by atoms with E-state index in [1.165, 1.54) is 71.7 Å². The maximum absolute atomic E-state index is 4.90. The Labute approximate surface area is 291 Å². The maximum atomic E-state index is 4.90. The monoisotopic (exact) mass is 641 g/mol. The van der Waals surface area contributed by atoms with Crippen LogP contribution in [0.4, 0.5) is 0 Å². The van der Waals surface area contributed by atoms with Crippen molar-refractivity contribution in [1.82, 2.24) is 14.5 Å². The number of para-hydroxylation sites is 2. The first-order valence-corrected chi connectivity index (χ1v) is 17.6. The van der Waals surface area contributed by atoms with Crippen LogP contribution >= 0.6 is 0 Å². The molecule has 0 fully saturated rings. The highest BCUT2D eigenvalue weighted by atomic mass is 15.0. The van der Waals surface area contributed by atoms with Gasteiger partial charge in [-0.25, -0.2) is 9.97 Å². The zero-order valence-corrected chi connectivity index (χ0v) is 28.2. The normalized spacial score (nSPS) is 14.6. The van der Waals surface area contributed by atoms with Crippen LogP contribution in [0.3, 0.4) is 0 Å². The van der Waals surface area contributed by atoms with Crippen LogP contribution in [-0.2, 0) is 5.41 Å². The van der Waals surface area contributed by atoms with Gasteiger partial charge in [-0.1, -0.05) is 141 Å². The summed E-state index contributed by atoms with van der Waals surface area (Å²) in [7, 11) is 0. The molecule has 3 heteroatoms. The molecule has 238 valence electrons. The molecule has 0 aliphatic heterocycles. The molecule has 0 unspecified atom stereocenters. The highest BCUT2D eigenvalue weighted by Crippen LogP contribution is 2.50. The zero-order valence-electron chi connectivity index (χ0n) is 28.2. The molecule has 0 saturated carbocycles. The van der Waals surface area contributed by atoms with E-state index >= 15 is 0 Å². The Morgan fingerprint density at radius 3 is 2.06 bits per heavy atom. The summed E-state index contributed by atoms with van der Waals surface area (Å²) in [6, 6.07) is 44.2. The Bertz CT molecular complexity index is 2700. The van der Waals surface area contributed by atoms with Crippen molar-refractivity contribution in [1.29, 1.82) is 0 Å². The lowest BCUT2D eigenvalue weighted by Gasteiger charge is -2.35. The van der Waals surface area contributed by atoms with Gasteiger partial charge in [0.25, 0.3) is 0 Å². The molecular formula is C47H35N3. The van der Waals surface area contributed by atoms with Gasteiger partial charge >= 0.3 is 0 Å². The van der Waals surface area contributed by atoms with Crippen LogP contribution in [0.25, 0.3) is 83.0 Å². The number of benzene rings is 6. The van der Waals surface area contributed by atoms with Crippen LogP contribution in [0.2, 0.25) is 0 Å². The number of nitrogens with zero attached hydrogens (tertiary/aromatic N) is 3. The van der Waals surface area contributed by atoms with Crippen LogP contribution in [0.1, 0.15) is 37.8 Å². The number of aromatic nitrogens is 3. The van der Waals surface area contributed by atoms with E-state index in [2.05, 4.69) is 158 Å². The summed E-state index contributed by atoms with van der Waals surface area (Å²) in [5.74, 6) is 0.725. The van der Waals surface area contributed by atoms with Crippen molar-refractivity contribution < 1.29 is 0 Å². The third-order valence-electron chi connectivity index (χ3n) is 10.9. The second-order valence-electron chi connectivity index (χ2n) is 14.1. The largest absolute Gasteiger partial charge is 0.309 e. The smallest absolute Gasteiger partial charge is 0.159 e. The first-order chi connectivity index (χ1) is 24.6. The van der Waals surface area contributed by atoms with Crippen molar-refractivity contribution in [3.8, 4) is 44.8 Å². The molecule has 0 radical (unpaired) electrons. The molecule has 2 heterocycles. The Balaban J connectivity index is 1.03. The molecule has 6 aromatic carbocycles. The Kier molecular flexibility index (Phi) is 6.35. The predicted octanol–water partition coefficient (Wildman–Crippen LogP) is 12.2. The van der Waals surface area contributed by atoms with Gasteiger partial charge < -0.3 is 4.57 Å². The minimum atomic E-state index is -0.0828. The van der Waals surface area contributed by atoms with Gasteiger partial charge in [0, 0.05) is 51.0 Å². The van der Waals surface area contributed by atoms with E-state index in [-0.39, 0.29) is 5.41 Å². The first kappa shape index (κ1) is 28.9. The Morgan fingerprint density at radius 2 is 1.22 bits per heavy atom. The van der Waals surface area contributed by atoms with Gasteiger partial charge in [-0.05, 0) is 69.1 Å². The van der Waals surface area contributed by atoms with Crippen LogP contribution in [0, 0.1) is 0 Å². The molecule has 2 aromatic heterocycles. The average molecular weight is 642 g/mol. The molecule has 2 aliphatic rings. The fourth-order valence-corrected chi connectivity index (χ4v) is 8.51. The van der Waals surface area contributed by atoms with E-state index in [4.69, 9.17) is 9.97 Å². The molecular weight excluding hydrogens is 607 g/mol. The summed E-state index contributed by atoms with van der Waals surface area (Å²) in [6.07, 6.45) is 13.0. The maximum Gasteiger partial charge on any atom is 0.159 e. The van der Waals surface area contributed by atoms with E-state index in [9.17, 15) is 0 Å². The second kappa shape index (κ2) is 11.0. The summed E-state index contributed by atoms with van der Waals surface area (Å²) in [5, 5.41) is 5.12. The second-order valence-corrected chi connectivity index (χ2v) is 14.1. The molecule has 2 aliphatic carbocycles. The van der Waals surface area contributed by atoms with Gasteiger partial charge in [0.15, 0.2) is 5.82 Å². The van der Waals surface area contributed by atoms with Gasteiger partial charge in [0.2, 0.25) is 0 Å². The van der Waals surface area contributed by atoms with E-state index in [1.807, 2.05) is 12.4 Å². The SMILES string of the molecule is CC1(C)c2ccccc2-c2ccc(-c3cnc(-c4ccc(-c5cccc6c7ccccc7n(C7=CCCC=C7)c56)cc4)nc3)c3cccc1c23. The average Bonchev–Trinajstić information content (AvgIpc) is 3.52. The third-order valence-corrected chi connectivity index (χ3v) is 10.9.